The zero-order valence-corrected chi connectivity index (χ0v) is 6.92. The van der Waals surface area contributed by atoms with Crippen molar-refractivity contribution in [2.24, 2.45) is 0 Å². The largest absolute Gasteiger partial charge is 0.158 e. The molecular formula is C8H13S. The molecular weight excluding hydrogens is 128 g/mol. The van der Waals surface area contributed by atoms with Crippen LogP contribution in [0, 0.1) is 17.6 Å². The minimum Gasteiger partial charge on any atom is -0.158 e. The van der Waals surface area contributed by atoms with Crippen LogP contribution in [0.25, 0.3) is 0 Å². The maximum atomic E-state index is 3.03. The fourth-order valence-electron chi connectivity index (χ4n) is 0.487. The van der Waals surface area contributed by atoms with E-state index in [2.05, 4.69) is 24.5 Å². The van der Waals surface area contributed by atoms with Crippen LogP contribution in [0.4, 0.5) is 0 Å². The molecule has 0 rings (SSSR count). The summed E-state index contributed by atoms with van der Waals surface area (Å²) in [5.74, 6) is 9.24. The molecule has 0 nitrogen and oxygen atoms in total. The van der Waals surface area contributed by atoms with Crippen LogP contribution in [0.1, 0.15) is 26.7 Å². The van der Waals surface area contributed by atoms with Gasteiger partial charge in [-0.15, -0.1) is 11.8 Å². The van der Waals surface area contributed by atoms with E-state index in [0.717, 1.165) is 6.42 Å². The highest BCUT2D eigenvalue weighted by molar-refractivity contribution is 8.01. The molecule has 0 aliphatic heterocycles. The van der Waals surface area contributed by atoms with Gasteiger partial charge in [-0.1, -0.05) is 6.92 Å². The highest BCUT2D eigenvalue weighted by Crippen LogP contribution is 2.06. The molecule has 0 unspecified atom stereocenters. The normalized spacial score (nSPS) is 8.22. The van der Waals surface area contributed by atoms with Gasteiger partial charge in [0, 0.05) is 12.2 Å². The third kappa shape index (κ3) is 7.91. The van der Waals surface area contributed by atoms with Crippen LogP contribution in [0.2, 0.25) is 0 Å². The number of thioether (sulfide) groups is 1. The molecule has 0 aromatic heterocycles. The molecule has 0 saturated carbocycles. The van der Waals surface area contributed by atoms with E-state index < -0.39 is 0 Å². The Kier molecular flexibility index (Phi) is 7.83. The van der Waals surface area contributed by atoms with Crippen LogP contribution in [0.15, 0.2) is 0 Å². The molecule has 0 aliphatic rings. The quantitative estimate of drug-likeness (QED) is 0.428. The van der Waals surface area contributed by atoms with Gasteiger partial charge in [-0.3, -0.25) is 0 Å². The molecule has 0 aromatic carbocycles. The molecule has 0 aliphatic carbocycles. The van der Waals surface area contributed by atoms with Gasteiger partial charge >= 0.3 is 0 Å². The Morgan fingerprint density at radius 1 is 1.56 bits per heavy atom. The smallest absolute Gasteiger partial charge is 0.0135 e. The summed E-state index contributed by atoms with van der Waals surface area (Å²) in [5.41, 5.74) is 0. The van der Waals surface area contributed by atoms with E-state index in [9.17, 15) is 0 Å². The maximum absolute atomic E-state index is 3.03. The fraction of sp³-hybridized carbons (Fsp3) is 0.625. The third-order valence-corrected chi connectivity index (χ3v) is 1.77. The van der Waals surface area contributed by atoms with Crippen molar-refractivity contribution in [2.45, 2.75) is 26.7 Å². The van der Waals surface area contributed by atoms with Crippen molar-refractivity contribution in [2.75, 3.05) is 5.75 Å². The van der Waals surface area contributed by atoms with E-state index >= 15 is 0 Å². The average molecular weight is 141 g/mol. The Morgan fingerprint density at radius 2 is 2.33 bits per heavy atom. The topological polar surface area (TPSA) is 0 Å². The molecule has 0 N–H and O–H groups in total. The van der Waals surface area contributed by atoms with Crippen molar-refractivity contribution in [1.29, 1.82) is 0 Å². The number of rotatable bonds is 4. The lowest BCUT2D eigenvalue weighted by Crippen LogP contribution is -1.75. The summed E-state index contributed by atoms with van der Waals surface area (Å²) in [6, 6.07) is 0. The Hall–Kier alpha value is -0.0900. The van der Waals surface area contributed by atoms with E-state index in [1.165, 1.54) is 12.2 Å². The van der Waals surface area contributed by atoms with Crippen molar-refractivity contribution in [3.63, 3.8) is 0 Å². The first-order chi connectivity index (χ1) is 4.41. The molecule has 1 radical (unpaired) electrons. The van der Waals surface area contributed by atoms with Crippen molar-refractivity contribution < 1.29 is 0 Å². The first-order valence-corrected chi connectivity index (χ1v) is 4.25. The van der Waals surface area contributed by atoms with Gasteiger partial charge in [-0.25, -0.2) is 0 Å². The monoisotopic (exact) mass is 141 g/mol. The molecule has 9 heavy (non-hydrogen) atoms. The third-order valence-electron chi connectivity index (χ3n) is 0.907. The number of hydrogen-bond donors (Lipinski definition) is 0. The van der Waals surface area contributed by atoms with Gasteiger partial charge in [0.2, 0.25) is 0 Å². The summed E-state index contributed by atoms with van der Waals surface area (Å²) in [5, 5.41) is 0. The van der Waals surface area contributed by atoms with E-state index in [1.54, 1.807) is 0 Å². The molecule has 0 heterocycles. The molecule has 51 valence electrons. The lowest BCUT2D eigenvalue weighted by atomic mass is 10.3. The summed E-state index contributed by atoms with van der Waals surface area (Å²) in [7, 11) is 0. The maximum Gasteiger partial charge on any atom is 0.0135 e. The standard InChI is InChI=1S/C8H13S/c1-3-5-6-7-8-9-4-2/h4H,6-8H2,1-2H3. The van der Waals surface area contributed by atoms with Crippen molar-refractivity contribution in [1.82, 2.24) is 0 Å². The van der Waals surface area contributed by atoms with Gasteiger partial charge in [0.25, 0.3) is 0 Å². The minimum absolute atomic E-state index is 1.05. The second kappa shape index (κ2) is 7.91. The van der Waals surface area contributed by atoms with E-state index in [4.69, 9.17) is 0 Å². The summed E-state index contributed by atoms with van der Waals surface area (Å²) in [6.45, 7) is 3.95. The van der Waals surface area contributed by atoms with Gasteiger partial charge < -0.3 is 0 Å². The Bertz CT molecular complexity index is 96.9. The zero-order valence-electron chi connectivity index (χ0n) is 6.11. The SMILES string of the molecule is CC#CCCCS[CH]C. The summed E-state index contributed by atoms with van der Waals surface area (Å²) >= 11 is 1.87. The van der Waals surface area contributed by atoms with Gasteiger partial charge in [0.15, 0.2) is 0 Å². The molecule has 0 spiro atoms. The molecule has 0 saturated heterocycles. The summed E-state index contributed by atoms with van der Waals surface area (Å²) in [4.78, 5) is 0. The van der Waals surface area contributed by atoms with Crippen LogP contribution in [0.3, 0.4) is 0 Å². The zero-order chi connectivity index (χ0) is 6.95. The first kappa shape index (κ1) is 8.91. The molecule has 0 bridgehead atoms. The van der Waals surface area contributed by atoms with Crippen LogP contribution in [0.5, 0.6) is 0 Å². The first-order valence-electron chi connectivity index (χ1n) is 3.21. The highest BCUT2D eigenvalue weighted by Gasteiger charge is 1.82. The summed E-state index contributed by atoms with van der Waals surface area (Å²) < 4.78 is 0. The second-order valence-corrected chi connectivity index (χ2v) is 2.85. The number of hydrogen-bond acceptors (Lipinski definition) is 1. The average Bonchev–Trinajstić information content (AvgIpc) is 1.89. The van der Waals surface area contributed by atoms with Crippen LogP contribution in [-0.2, 0) is 0 Å². The lowest BCUT2D eigenvalue weighted by Gasteiger charge is -1.90. The van der Waals surface area contributed by atoms with Gasteiger partial charge in [-0.2, -0.15) is 11.8 Å². The Morgan fingerprint density at radius 3 is 2.89 bits per heavy atom. The van der Waals surface area contributed by atoms with Gasteiger partial charge in [0.1, 0.15) is 0 Å². The molecule has 0 aromatic rings. The highest BCUT2D eigenvalue weighted by atomic mass is 32.2. The van der Waals surface area contributed by atoms with Crippen LogP contribution in [-0.4, -0.2) is 5.75 Å². The van der Waals surface area contributed by atoms with Gasteiger partial charge in [0.05, 0.1) is 0 Å². The van der Waals surface area contributed by atoms with E-state index in [0.29, 0.717) is 0 Å². The lowest BCUT2D eigenvalue weighted by molar-refractivity contribution is 0.998. The van der Waals surface area contributed by atoms with Crippen molar-refractivity contribution in [3.8, 4) is 11.8 Å². The predicted molar refractivity (Wildman–Crippen MR) is 45.1 cm³/mol. The van der Waals surface area contributed by atoms with Crippen molar-refractivity contribution in [3.05, 3.63) is 5.75 Å². The number of unbranched alkanes of at least 4 members (excludes halogenated alkanes) is 1. The predicted octanol–water partition coefficient (Wildman–Crippen LogP) is 2.70. The van der Waals surface area contributed by atoms with Crippen LogP contribution < -0.4 is 0 Å². The minimum atomic E-state index is 1.05. The molecule has 0 atom stereocenters. The molecule has 0 amide bonds. The van der Waals surface area contributed by atoms with Gasteiger partial charge in [-0.05, 0) is 19.1 Å². The molecule has 1 heteroatoms. The Labute approximate surface area is 62.4 Å². The van der Waals surface area contributed by atoms with E-state index in [-0.39, 0.29) is 0 Å². The van der Waals surface area contributed by atoms with Crippen molar-refractivity contribution >= 4 is 11.8 Å². The van der Waals surface area contributed by atoms with E-state index in [1.807, 2.05) is 18.7 Å². The Balaban J connectivity index is 2.80. The summed E-state index contributed by atoms with van der Waals surface area (Å²) in [6.07, 6.45) is 2.27. The molecule has 0 fully saturated rings. The fourth-order valence-corrected chi connectivity index (χ4v) is 1.03. The second-order valence-electron chi connectivity index (χ2n) is 1.64. The van der Waals surface area contributed by atoms with Crippen LogP contribution >= 0.6 is 11.8 Å².